The van der Waals surface area contributed by atoms with Gasteiger partial charge in [0.2, 0.25) is 0 Å². The smallest absolute Gasteiger partial charge is 0.253 e. The molecule has 0 aromatic heterocycles. The summed E-state index contributed by atoms with van der Waals surface area (Å²) < 4.78 is 5.52. The van der Waals surface area contributed by atoms with Gasteiger partial charge in [-0.05, 0) is 48.2 Å². The van der Waals surface area contributed by atoms with Crippen molar-refractivity contribution in [3.05, 3.63) is 88.9 Å². The maximum Gasteiger partial charge on any atom is 0.253 e. The van der Waals surface area contributed by atoms with Crippen LogP contribution in [0.5, 0.6) is 5.75 Å². The summed E-state index contributed by atoms with van der Waals surface area (Å²) in [6, 6.07) is 24.1. The van der Waals surface area contributed by atoms with Gasteiger partial charge in [-0.2, -0.15) is 0 Å². The lowest BCUT2D eigenvalue weighted by Gasteiger charge is -2.32. The number of carbonyl (C=O) groups excluding carboxylic acids is 1. The summed E-state index contributed by atoms with van der Waals surface area (Å²) >= 11 is 6.15. The van der Waals surface area contributed by atoms with Crippen LogP contribution in [0.2, 0.25) is 5.02 Å². The Labute approximate surface area is 188 Å². The lowest BCUT2D eigenvalue weighted by Crippen LogP contribution is -2.44. The largest absolute Gasteiger partial charge is 0.496 e. The van der Waals surface area contributed by atoms with Gasteiger partial charge in [0.05, 0.1) is 17.7 Å². The van der Waals surface area contributed by atoms with Gasteiger partial charge in [0.25, 0.3) is 5.91 Å². The number of ether oxygens (including phenoxy) is 1. The number of amides is 1. The monoisotopic (exact) mass is 434 g/mol. The molecule has 1 amide bonds. The number of piperidine rings is 1. The third-order valence-electron chi connectivity index (χ3n) is 5.79. The zero-order chi connectivity index (χ0) is 21.6. The van der Waals surface area contributed by atoms with Crippen LogP contribution in [0, 0.1) is 0 Å². The number of nitrogens with zero attached hydrogens (tertiary/aromatic N) is 1. The highest BCUT2D eigenvalue weighted by molar-refractivity contribution is 6.33. The zero-order valence-electron chi connectivity index (χ0n) is 17.7. The molecule has 1 N–H and O–H groups in total. The summed E-state index contributed by atoms with van der Waals surface area (Å²) in [7, 11) is 1.71. The standard InChI is InChI=1S/C26H27ClN2O2/c1-31-25-12-5-3-9-22(25)20-8-6-7-19(17-20)18-29-15-13-21(14-16-29)28-26(30)23-10-2-4-11-24(23)27/h2-12,17,21H,13-16,18H2,1H3,(H,28,30). The molecule has 4 nitrogen and oxygen atoms in total. The quantitative estimate of drug-likeness (QED) is 0.564. The molecular weight excluding hydrogens is 408 g/mol. The minimum Gasteiger partial charge on any atom is -0.496 e. The van der Waals surface area contributed by atoms with Crippen molar-refractivity contribution in [1.82, 2.24) is 10.2 Å². The van der Waals surface area contributed by atoms with E-state index in [1.165, 1.54) is 5.56 Å². The van der Waals surface area contributed by atoms with Crippen LogP contribution in [0.15, 0.2) is 72.8 Å². The molecule has 1 aliphatic heterocycles. The van der Waals surface area contributed by atoms with Crippen LogP contribution in [0.1, 0.15) is 28.8 Å². The molecule has 1 fully saturated rings. The first kappa shape index (κ1) is 21.4. The van der Waals surface area contributed by atoms with Crippen LogP contribution in [0.4, 0.5) is 0 Å². The highest BCUT2D eigenvalue weighted by Gasteiger charge is 2.22. The van der Waals surface area contributed by atoms with Crippen LogP contribution in [0.25, 0.3) is 11.1 Å². The maximum atomic E-state index is 12.5. The molecule has 0 saturated carbocycles. The van der Waals surface area contributed by atoms with Gasteiger partial charge in [0, 0.05) is 31.2 Å². The summed E-state index contributed by atoms with van der Waals surface area (Å²) in [5.41, 5.74) is 4.09. The molecule has 0 radical (unpaired) electrons. The fourth-order valence-electron chi connectivity index (χ4n) is 4.12. The average Bonchev–Trinajstić information content (AvgIpc) is 2.81. The van der Waals surface area contributed by atoms with Gasteiger partial charge in [-0.3, -0.25) is 9.69 Å². The Balaban J connectivity index is 1.34. The predicted molar refractivity (Wildman–Crippen MR) is 126 cm³/mol. The molecular formula is C26H27ClN2O2. The van der Waals surface area contributed by atoms with Gasteiger partial charge in [-0.15, -0.1) is 0 Å². The van der Waals surface area contributed by atoms with Gasteiger partial charge in [-0.1, -0.05) is 60.1 Å². The molecule has 1 aliphatic rings. The summed E-state index contributed by atoms with van der Waals surface area (Å²) in [6.45, 7) is 2.80. The maximum absolute atomic E-state index is 12.5. The lowest BCUT2D eigenvalue weighted by atomic mass is 10.0. The second kappa shape index (κ2) is 9.99. The molecule has 31 heavy (non-hydrogen) atoms. The number of likely N-dealkylation sites (tertiary alicyclic amines) is 1. The van der Waals surface area contributed by atoms with Gasteiger partial charge in [0.1, 0.15) is 5.75 Å². The SMILES string of the molecule is COc1ccccc1-c1cccc(CN2CCC(NC(=O)c3ccccc3Cl)CC2)c1. The number of nitrogens with one attached hydrogen (secondary N) is 1. The van der Waals surface area contributed by atoms with Crippen molar-refractivity contribution in [2.75, 3.05) is 20.2 Å². The first-order valence-electron chi connectivity index (χ1n) is 10.6. The Morgan fingerprint density at radius 3 is 2.55 bits per heavy atom. The van der Waals surface area contributed by atoms with Gasteiger partial charge in [0.15, 0.2) is 0 Å². The number of carbonyl (C=O) groups is 1. The van der Waals surface area contributed by atoms with E-state index in [0.29, 0.717) is 10.6 Å². The fraction of sp³-hybridized carbons (Fsp3) is 0.269. The molecule has 4 rings (SSSR count). The summed E-state index contributed by atoms with van der Waals surface area (Å²) in [5, 5.41) is 3.63. The third-order valence-corrected chi connectivity index (χ3v) is 6.12. The molecule has 160 valence electrons. The van der Waals surface area contributed by atoms with E-state index in [4.69, 9.17) is 16.3 Å². The second-order valence-corrected chi connectivity index (χ2v) is 8.31. The minimum atomic E-state index is -0.0893. The fourth-order valence-corrected chi connectivity index (χ4v) is 4.34. The van der Waals surface area contributed by atoms with E-state index in [2.05, 4.69) is 40.5 Å². The van der Waals surface area contributed by atoms with E-state index in [9.17, 15) is 4.79 Å². The molecule has 0 spiro atoms. The third kappa shape index (κ3) is 5.27. The van der Waals surface area contributed by atoms with E-state index in [-0.39, 0.29) is 11.9 Å². The summed E-state index contributed by atoms with van der Waals surface area (Å²) in [5.74, 6) is 0.795. The van der Waals surface area contributed by atoms with Crippen molar-refractivity contribution in [3.8, 4) is 16.9 Å². The first-order chi connectivity index (χ1) is 15.1. The number of benzene rings is 3. The van der Waals surface area contributed by atoms with Crippen molar-refractivity contribution in [2.24, 2.45) is 0 Å². The van der Waals surface area contributed by atoms with Crippen molar-refractivity contribution in [3.63, 3.8) is 0 Å². The number of hydrogen-bond acceptors (Lipinski definition) is 3. The molecule has 5 heteroatoms. The van der Waals surface area contributed by atoms with Crippen molar-refractivity contribution < 1.29 is 9.53 Å². The van der Waals surface area contributed by atoms with Gasteiger partial charge >= 0.3 is 0 Å². The van der Waals surface area contributed by atoms with Crippen molar-refractivity contribution in [1.29, 1.82) is 0 Å². The first-order valence-corrected chi connectivity index (χ1v) is 11.0. The van der Waals surface area contributed by atoms with Crippen LogP contribution in [-0.4, -0.2) is 37.0 Å². The zero-order valence-corrected chi connectivity index (χ0v) is 18.4. The highest BCUT2D eigenvalue weighted by atomic mass is 35.5. The number of halogens is 1. The van der Waals surface area contributed by atoms with Crippen LogP contribution < -0.4 is 10.1 Å². The molecule has 0 aliphatic carbocycles. The molecule has 3 aromatic carbocycles. The number of methoxy groups -OCH3 is 1. The Morgan fingerprint density at radius 2 is 1.77 bits per heavy atom. The Bertz CT molecular complexity index is 1040. The second-order valence-electron chi connectivity index (χ2n) is 7.90. The lowest BCUT2D eigenvalue weighted by molar-refractivity contribution is 0.0909. The number of para-hydroxylation sites is 1. The molecule has 1 heterocycles. The highest BCUT2D eigenvalue weighted by Crippen LogP contribution is 2.30. The van der Waals surface area contributed by atoms with Crippen LogP contribution >= 0.6 is 11.6 Å². The molecule has 1 saturated heterocycles. The Kier molecular flexibility index (Phi) is 6.90. The minimum absolute atomic E-state index is 0.0893. The van der Waals surface area contributed by atoms with Crippen LogP contribution in [0.3, 0.4) is 0 Å². The van der Waals surface area contributed by atoms with E-state index in [1.807, 2.05) is 30.3 Å². The molecule has 0 unspecified atom stereocenters. The van der Waals surface area contributed by atoms with Crippen LogP contribution in [-0.2, 0) is 6.54 Å². The molecule has 3 aromatic rings. The van der Waals surface area contributed by atoms with E-state index in [1.54, 1.807) is 19.2 Å². The summed E-state index contributed by atoms with van der Waals surface area (Å²) in [6.07, 6.45) is 1.87. The van der Waals surface area contributed by atoms with Crippen molar-refractivity contribution in [2.45, 2.75) is 25.4 Å². The van der Waals surface area contributed by atoms with Crippen molar-refractivity contribution >= 4 is 17.5 Å². The topological polar surface area (TPSA) is 41.6 Å². The average molecular weight is 435 g/mol. The van der Waals surface area contributed by atoms with E-state index >= 15 is 0 Å². The Hall–Kier alpha value is -2.82. The molecule has 0 bridgehead atoms. The number of hydrogen-bond donors (Lipinski definition) is 1. The Morgan fingerprint density at radius 1 is 1.03 bits per heavy atom. The number of rotatable bonds is 6. The predicted octanol–water partition coefficient (Wildman–Crippen LogP) is 5.41. The van der Waals surface area contributed by atoms with Gasteiger partial charge < -0.3 is 10.1 Å². The summed E-state index contributed by atoms with van der Waals surface area (Å²) in [4.78, 5) is 15.0. The van der Waals surface area contributed by atoms with E-state index < -0.39 is 0 Å². The normalized spacial score (nSPS) is 14.9. The van der Waals surface area contributed by atoms with E-state index in [0.717, 1.165) is 49.4 Å². The van der Waals surface area contributed by atoms with Gasteiger partial charge in [-0.25, -0.2) is 0 Å². The molecule has 0 atom stereocenters.